The highest BCUT2D eigenvalue weighted by Gasteiger charge is 2.50. The normalized spacial score (nSPS) is 33.6. The predicted octanol–water partition coefficient (Wildman–Crippen LogP) is -0.0620. The van der Waals surface area contributed by atoms with E-state index in [9.17, 15) is 9.59 Å². The molecule has 0 aromatic heterocycles. The molecule has 1 heterocycles. The van der Waals surface area contributed by atoms with E-state index < -0.39 is 11.9 Å². The summed E-state index contributed by atoms with van der Waals surface area (Å²) in [4.78, 5) is 24.3. The van der Waals surface area contributed by atoms with E-state index in [-0.39, 0.29) is 24.3 Å². The van der Waals surface area contributed by atoms with Gasteiger partial charge in [-0.1, -0.05) is 0 Å². The van der Waals surface area contributed by atoms with Gasteiger partial charge in [0, 0.05) is 19.7 Å². The van der Waals surface area contributed by atoms with Crippen LogP contribution in [-0.2, 0) is 9.59 Å². The number of aliphatic hydroxyl groups is 1. The van der Waals surface area contributed by atoms with Crippen molar-refractivity contribution < 1.29 is 19.8 Å². The van der Waals surface area contributed by atoms with Crippen molar-refractivity contribution in [3.05, 3.63) is 0 Å². The third kappa shape index (κ3) is 2.19. The first kappa shape index (κ1) is 11.4. The first-order valence-electron chi connectivity index (χ1n) is 5.76. The van der Waals surface area contributed by atoms with Crippen LogP contribution in [0.1, 0.15) is 19.3 Å². The zero-order valence-corrected chi connectivity index (χ0v) is 9.13. The second-order valence-corrected chi connectivity index (χ2v) is 4.76. The number of likely N-dealkylation sites (tertiary alicyclic amines) is 1. The highest BCUT2D eigenvalue weighted by atomic mass is 16.4. The van der Waals surface area contributed by atoms with Gasteiger partial charge in [0.15, 0.2) is 0 Å². The van der Waals surface area contributed by atoms with E-state index in [4.69, 9.17) is 10.2 Å². The molecule has 1 saturated carbocycles. The van der Waals surface area contributed by atoms with Crippen LogP contribution in [0.4, 0.5) is 0 Å². The minimum absolute atomic E-state index is 0.0365. The first-order chi connectivity index (χ1) is 7.63. The summed E-state index contributed by atoms with van der Waals surface area (Å²) in [5, 5.41) is 17.8. The minimum atomic E-state index is -0.867. The molecular formula is C11H17NO4. The molecule has 0 bridgehead atoms. The molecule has 3 unspecified atom stereocenters. The van der Waals surface area contributed by atoms with Gasteiger partial charge in [0.05, 0.1) is 11.8 Å². The molecule has 16 heavy (non-hydrogen) atoms. The largest absolute Gasteiger partial charge is 0.481 e. The molecule has 5 nitrogen and oxygen atoms in total. The smallest absolute Gasteiger partial charge is 0.307 e. The Morgan fingerprint density at radius 3 is 2.62 bits per heavy atom. The number of carbonyl (C=O) groups is 2. The Morgan fingerprint density at radius 1 is 1.31 bits per heavy atom. The third-order valence-electron chi connectivity index (χ3n) is 3.51. The van der Waals surface area contributed by atoms with Gasteiger partial charge in [0.2, 0.25) is 5.91 Å². The van der Waals surface area contributed by atoms with Crippen molar-refractivity contribution >= 4 is 11.9 Å². The number of rotatable bonds is 3. The second kappa shape index (κ2) is 4.41. The molecule has 1 amide bonds. The van der Waals surface area contributed by atoms with Gasteiger partial charge in [0.1, 0.15) is 0 Å². The lowest BCUT2D eigenvalue weighted by atomic mass is 9.98. The van der Waals surface area contributed by atoms with Gasteiger partial charge in [-0.2, -0.15) is 0 Å². The molecule has 0 spiro atoms. The lowest BCUT2D eigenvalue weighted by molar-refractivity contribution is -0.142. The summed E-state index contributed by atoms with van der Waals surface area (Å²) in [6, 6.07) is 0. The van der Waals surface area contributed by atoms with Crippen molar-refractivity contribution in [3.8, 4) is 0 Å². The lowest BCUT2D eigenvalue weighted by Gasteiger charge is -2.32. The number of aliphatic carboxylic acids is 1. The van der Waals surface area contributed by atoms with E-state index in [1.54, 1.807) is 4.90 Å². The number of hydrogen-bond acceptors (Lipinski definition) is 3. The maximum absolute atomic E-state index is 11.9. The number of amides is 1. The summed E-state index contributed by atoms with van der Waals surface area (Å²) in [5.41, 5.74) is 0. The molecule has 2 rings (SSSR count). The van der Waals surface area contributed by atoms with E-state index in [1.165, 1.54) is 0 Å². The third-order valence-corrected chi connectivity index (χ3v) is 3.51. The van der Waals surface area contributed by atoms with E-state index in [0.29, 0.717) is 19.5 Å². The number of carbonyl (C=O) groups excluding carboxylic acids is 1. The molecule has 90 valence electrons. The SMILES string of the molecule is O=C(O)C1CC1C(=O)N1CCCC(CO)C1. The summed E-state index contributed by atoms with van der Waals surface area (Å²) in [7, 11) is 0. The van der Waals surface area contributed by atoms with Gasteiger partial charge < -0.3 is 15.1 Å². The van der Waals surface area contributed by atoms with Crippen LogP contribution in [0.15, 0.2) is 0 Å². The van der Waals surface area contributed by atoms with E-state index in [1.807, 2.05) is 0 Å². The number of carboxylic acids is 1. The van der Waals surface area contributed by atoms with Crippen LogP contribution in [0.3, 0.4) is 0 Å². The van der Waals surface area contributed by atoms with Gasteiger partial charge in [-0.25, -0.2) is 0 Å². The molecule has 0 aromatic rings. The second-order valence-electron chi connectivity index (χ2n) is 4.76. The number of hydrogen-bond donors (Lipinski definition) is 2. The Kier molecular flexibility index (Phi) is 3.14. The molecular weight excluding hydrogens is 210 g/mol. The van der Waals surface area contributed by atoms with Crippen molar-refractivity contribution in [2.45, 2.75) is 19.3 Å². The molecule has 1 aliphatic heterocycles. The number of nitrogens with zero attached hydrogens (tertiary/aromatic N) is 1. The number of aliphatic hydroxyl groups excluding tert-OH is 1. The first-order valence-corrected chi connectivity index (χ1v) is 5.76. The molecule has 2 aliphatic rings. The van der Waals surface area contributed by atoms with Crippen molar-refractivity contribution in [3.63, 3.8) is 0 Å². The van der Waals surface area contributed by atoms with Crippen LogP contribution in [0.5, 0.6) is 0 Å². The molecule has 3 atom stereocenters. The molecule has 1 aliphatic carbocycles. The highest BCUT2D eigenvalue weighted by Crippen LogP contribution is 2.40. The van der Waals surface area contributed by atoms with Crippen molar-refractivity contribution in [1.82, 2.24) is 4.90 Å². The molecule has 0 radical (unpaired) electrons. The van der Waals surface area contributed by atoms with E-state index in [2.05, 4.69) is 0 Å². The summed E-state index contributed by atoms with van der Waals surface area (Å²) >= 11 is 0. The molecule has 0 aromatic carbocycles. The summed E-state index contributed by atoms with van der Waals surface area (Å²) in [6.45, 7) is 1.40. The Labute approximate surface area is 94.0 Å². The fourth-order valence-electron chi connectivity index (χ4n) is 2.39. The maximum atomic E-state index is 11.9. The number of carboxylic acid groups (broad SMARTS) is 1. The van der Waals surface area contributed by atoms with Crippen molar-refractivity contribution in [2.75, 3.05) is 19.7 Å². The van der Waals surface area contributed by atoms with Crippen LogP contribution < -0.4 is 0 Å². The Bertz CT molecular complexity index is 304. The molecule has 5 heteroatoms. The Morgan fingerprint density at radius 2 is 2.06 bits per heavy atom. The monoisotopic (exact) mass is 227 g/mol. The molecule has 2 N–H and O–H groups in total. The average Bonchev–Trinajstić information content (AvgIpc) is 3.08. The van der Waals surface area contributed by atoms with E-state index >= 15 is 0 Å². The predicted molar refractivity (Wildman–Crippen MR) is 55.6 cm³/mol. The van der Waals surface area contributed by atoms with Crippen LogP contribution in [0, 0.1) is 17.8 Å². The van der Waals surface area contributed by atoms with Gasteiger partial charge >= 0.3 is 5.97 Å². The molecule has 2 fully saturated rings. The lowest BCUT2D eigenvalue weighted by Crippen LogP contribution is -2.42. The van der Waals surface area contributed by atoms with Crippen molar-refractivity contribution in [1.29, 1.82) is 0 Å². The number of piperidine rings is 1. The zero-order chi connectivity index (χ0) is 11.7. The Hall–Kier alpha value is -1.10. The fourth-order valence-corrected chi connectivity index (χ4v) is 2.39. The van der Waals surface area contributed by atoms with Crippen LogP contribution >= 0.6 is 0 Å². The standard InChI is InChI=1S/C11H17NO4/c13-6-7-2-1-3-12(5-7)10(14)8-4-9(8)11(15)16/h7-9,13H,1-6H2,(H,15,16). The average molecular weight is 227 g/mol. The van der Waals surface area contributed by atoms with Crippen LogP contribution in [-0.4, -0.2) is 46.7 Å². The van der Waals surface area contributed by atoms with Gasteiger partial charge in [-0.15, -0.1) is 0 Å². The van der Waals surface area contributed by atoms with Gasteiger partial charge in [-0.05, 0) is 25.2 Å². The topological polar surface area (TPSA) is 77.8 Å². The van der Waals surface area contributed by atoms with Crippen LogP contribution in [0.25, 0.3) is 0 Å². The van der Waals surface area contributed by atoms with Gasteiger partial charge in [0.25, 0.3) is 0 Å². The summed E-state index contributed by atoms with van der Waals surface area (Å²) in [6.07, 6.45) is 2.34. The zero-order valence-electron chi connectivity index (χ0n) is 9.13. The van der Waals surface area contributed by atoms with Crippen molar-refractivity contribution in [2.24, 2.45) is 17.8 Å². The highest BCUT2D eigenvalue weighted by molar-refractivity contribution is 5.89. The maximum Gasteiger partial charge on any atom is 0.307 e. The minimum Gasteiger partial charge on any atom is -0.481 e. The Balaban J connectivity index is 1.88. The molecule has 1 saturated heterocycles. The summed E-state index contributed by atoms with van der Waals surface area (Å²) < 4.78 is 0. The van der Waals surface area contributed by atoms with E-state index in [0.717, 1.165) is 12.8 Å². The van der Waals surface area contributed by atoms with Gasteiger partial charge in [-0.3, -0.25) is 9.59 Å². The fraction of sp³-hybridized carbons (Fsp3) is 0.818. The quantitative estimate of drug-likeness (QED) is 0.708. The summed E-state index contributed by atoms with van der Waals surface area (Å²) in [5.74, 6) is -1.52. The van der Waals surface area contributed by atoms with Crippen LogP contribution in [0.2, 0.25) is 0 Å².